The Hall–Kier alpha value is -3.08. The molecule has 2 fully saturated rings. The van der Waals surface area contributed by atoms with Crippen molar-refractivity contribution in [3.8, 4) is 11.4 Å². The normalized spacial score (nSPS) is 18.0. The van der Waals surface area contributed by atoms with E-state index in [2.05, 4.69) is 42.1 Å². The summed E-state index contributed by atoms with van der Waals surface area (Å²) >= 11 is 0. The second kappa shape index (κ2) is 9.82. The van der Waals surface area contributed by atoms with E-state index in [1.54, 1.807) is 0 Å². The summed E-state index contributed by atoms with van der Waals surface area (Å²) in [5.41, 5.74) is 3.00. The summed E-state index contributed by atoms with van der Waals surface area (Å²) in [5.74, 6) is 1.53. The number of rotatable bonds is 6. The fourth-order valence-corrected chi connectivity index (χ4v) is 4.22. The van der Waals surface area contributed by atoms with Gasteiger partial charge in [-0.05, 0) is 19.2 Å². The SMILES string of the molecule is CN1CCN(C(=O)c2ccc(-c3nc4ncnc(NCCN5CCOCC5)c4[nH]3)cc2)CC1. The number of morpholine rings is 1. The Morgan fingerprint density at radius 2 is 1.82 bits per heavy atom. The van der Waals surface area contributed by atoms with Crippen LogP contribution in [0.15, 0.2) is 30.6 Å². The number of H-pyrrole nitrogens is 1. The topological polar surface area (TPSA) is 103 Å². The molecule has 2 saturated heterocycles. The molecule has 1 aromatic carbocycles. The molecular formula is C23H30N8O2. The number of benzene rings is 1. The quantitative estimate of drug-likeness (QED) is 0.577. The van der Waals surface area contributed by atoms with Crippen LogP contribution in [0.4, 0.5) is 5.82 Å². The smallest absolute Gasteiger partial charge is 0.253 e. The van der Waals surface area contributed by atoms with Crippen LogP contribution in [0.5, 0.6) is 0 Å². The van der Waals surface area contributed by atoms with Gasteiger partial charge in [-0.25, -0.2) is 15.0 Å². The number of aromatic nitrogens is 4. The van der Waals surface area contributed by atoms with Crippen LogP contribution in [0.2, 0.25) is 0 Å². The van der Waals surface area contributed by atoms with Gasteiger partial charge in [-0.2, -0.15) is 0 Å². The van der Waals surface area contributed by atoms with Crippen molar-refractivity contribution >= 4 is 22.9 Å². The minimum Gasteiger partial charge on any atom is -0.379 e. The maximum Gasteiger partial charge on any atom is 0.253 e. The third kappa shape index (κ3) is 4.97. The number of fused-ring (bicyclic) bond motifs is 1. The van der Waals surface area contributed by atoms with E-state index >= 15 is 0 Å². The number of aromatic amines is 1. The van der Waals surface area contributed by atoms with Crippen LogP contribution < -0.4 is 5.32 Å². The molecule has 174 valence electrons. The molecule has 0 spiro atoms. The van der Waals surface area contributed by atoms with Crippen molar-refractivity contribution in [2.45, 2.75) is 0 Å². The van der Waals surface area contributed by atoms with Gasteiger partial charge in [0.05, 0.1) is 13.2 Å². The minimum atomic E-state index is 0.0804. The van der Waals surface area contributed by atoms with Crippen LogP contribution in [0.3, 0.4) is 0 Å². The first-order valence-electron chi connectivity index (χ1n) is 11.5. The van der Waals surface area contributed by atoms with E-state index < -0.39 is 0 Å². The average molecular weight is 451 g/mol. The summed E-state index contributed by atoms with van der Waals surface area (Å²) in [6.45, 7) is 8.57. The number of amides is 1. The van der Waals surface area contributed by atoms with Gasteiger partial charge < -0.3 is 24.8 Å². The molecule has 1 amide bonds. The summed E-state index contributed by atoms with van der Waals surface area (Å²) in [6.07, 6.45) is 1.53. The van der Waals surface area contributed by atoms with Crippen LogP contribution >= 0.6 is 0 Å². The van der Waals surface area contributed by atoms with Gasteiger partial charge in [0.2, 0.25) is 0 Å². The lowest BCUT2D eigenvalue weighted by Crippen LogP contribution is -2.47. The number of hydrogen-bond donors (Lipinski definition) is 2. The first kappa shape index (κ1) is 21.7. The molecule has 3 aromatic rings. The lowest BCUT2D eigenvalue weighted by molar-refractivity contribution is 0.0398. The Morgan fingerprint density at radius 1 is 1.06 bits per heavy atom. The molecule has 2 aromatic heterocycles. The monoisotopic (exact) mass is 450 g/mol. The van der Waals surface area contributed by atoms with Gasteiger partial charge >= 0.3 is 0 Å². The van der Waals surface area contributed by atoms with Gasteiger partial charge in [0, 0.05) is 63.5 Å². The van der Waals surface area contributed by atoms with Gasteiger partial charge in [-0.1, -0.05) is 12.1 Å². The van der Waals surface area contributed by atoms with Gasteiger partial charge in [0.25, 0.3) is 5.91 Å². The number of carbonyl (C=O) groups excluding carboxylic acids is 1. The summed E-state index contributed by atoms with van der Waals surface area (Å²) in [4.78, 5) is 36.0. The Labute approximate surface area is 193 Å². The first-order chi connectivity index (χ1) is 16.2. The molecule has 2 aliphatic rings. The molecule has 2 N–H and O–H groups in total. The third-order valence-electron chi connectivity index (χ3n) is 6.31. The fraction of sp³-hybridized carbons (Fsp3) is 0.478. The highest BCUT2D eigenvalue weighted by atomic mass is 16.5. The molecule has 0 radical (unpaired) electrons. The highest BCUT2D eigenvalue weighted by Gasteiger charge is 2.20. The van der Waals surface area contributed by atoms with Crippen molar-refractivity contribution < 1.29 is 9.53 Å². The maximum atomic E-state index is 12.8. The Morgan fingerprint density at radius 3 is 2.58 bits per heavy atom. The molecule has 0 bridgehead atoms. The van der Waals surface area contributed by atoms with Gasteiger partial charge in [0.1, 0.15) is 17.7 Å². The second-order valence-electron chi connectivity index (χ2n) is 8.56. The Bertz CT molecular complexity index is 1090. The van der Waals surface area contributed by atoms with E-state index in [-0.39, 0.29) is 5.91 Å². The molecule has 0 saturated carbocycles. The zero-order chi connectivity index (χ0) is 22.6. The molecule has 10 heteroatoms. The van der Waals surface area contributed by atoms with Crippen molar-refractivity contribution in [2.75, 3.05) is 77.9 Å². The van der Waals surface area contributed by atoms with E-state index in [9.17, 15) is 4.79 Å². The molecule has 4 heterocycles. The maximum absolute atomic E-state index is 12.8. The predicted octanol–water partition coefficient (Wildman–Crippen LogP) is 1.15. The molecule has 10 nitrogen and oxygen atoms in total. The van der Waals surface area contributed by atoms with E-state index in [0.717, 1.165) is 82.5 Å². The number of hydrogen-bond acceptors (Lipinski definition) is 8. The third-order valence-corrected chi connectivity index (χ3v) is 6.31. The zero-order valence-electron chi connectivity index (χ0n) is 19.0. The summed E-state index contributed by atoms with van der Waals surface area (Å²) < 4.78 is 5.40. The van der Waals surface area contributed by atoms with Gasteiger partial charge in [-0.3, -0.25) is 9.69 Å². The van der Waals surface area contributed by atoms with Crippen molar-refractivity contribution in [1.29, 1.82) is 0 Å². The molecule has 33 heavy (non-hydrogen) atoms. The molecule has 0 atom stereocenters. The summed E-state index contributed by atoms with van der Waals surface area (Å²) in [6, 6.07) is 7.60. The molecule has 2 aliphatic heterocycles. The van der Waals surface area contributed by atoms with Crippen LogP contribution in [0.1, 0.15) is 10.4 Å². The molecular weight excluding hydrogens is 420 g/mol. The number of nitrogens with zero attached hydrogens (tertiary/aromatic N) is 6. The molecule has 5 rings (SSSR count). The van der Waals surface area contributed by atoms with Gasteiger partial charge in [-0.15, -0.1) is 0 Å². The standard InChI is InChI=1S/C23H30N8O2/c1-29-8-10-31(11-9-29)23(32)18-4-2-17(3-5-18)20-27-19-21(25-16-26-22(19)28-20)24-6-7-30-12-14-33-15-13-30/h2-5,16H,6-15H2,1H3,(H2,24,25,26,27,28). The molecule has 0 unspecified atom stereocenters. The lowest BCUT2D eigenvalue weighted by Gasteiger charge is -2.32. The first-order valence-corrected chi connectivity index (χ1v) is 11.5. The summed E-state index contributed by atoms with van der Waals surface area (Å²) in [5, 5.41) is 3.40. The van der Waals surface area contributed by atoms with Crippen LogP contribution in [0.25, 0.3) is 22.6 Å². The van der Waals surface area contributed by atoms with E-state index in [0.29, 0.717) is 17.0 Å². The number of anilines is 1. The number of nitrogens with one attached hydrogen (secondary N) is 2. The van der Waals surface area contributed by atoms with E-state index in [1.165, 1.54) is 6.33 Å². The zero-order valence-corrected chi connectivity index (χ0v) is 19.0. The van der Waals surface area contributed by atoms with Gasteiger partial charge in [0.15, 0.2) is 11.5 Å². The minimum absolute atomic E-state index is 0.0804. The average Bonchev–Trinajstić information content (AvgIpc) is 3.30. The second-order valence-corrected chi connectivity index (χ2v) is 8.56. The lowest BCUT2D eigenvalue weighted by atomic mass is 10.1. The summed E-state index contributed by atoms with van der Waals surface area (Å²) in [7, 11) is 2.08. The van der Waals surface area contributed by atoms with Crippen LogP contribution in [0, 0.1) is 0 Å². The number of likely N-dealkylation sites (N-methyl/N-ethyl adjacent to an activating group) is 1. The largest absolute Gasteiger partial charge is 0.379 e. The van der Waals surface area contributed by atoms with Crippen molar-refractivity contribution in [3.05, 3.63) is 36.2 Å². The van der Waals surface area contributed by atoms with E-state index in [4.69, 9.17) is 4.74 Å². The Balaban J connectivity index is 1.26. The highest BCUT2D eigenvalue weighted by Crippen LogP contribution is 2.23. The van der Waals surface area contributed by atoms with Crippen molar-refractivity contribution in [1.82, 2.24) is 34.6 Å². The number of ether oxygens (including phenoxy) is 1. The number of carbonyl (C=O) groups is 1. The van der Waals surface area contributed by atoms with E-state index in [1.807, 2.05) is 29.2 Å². The number of piperazine rings is 1. The highest BCUT2D eigenvalue weighted by molar-refractivity contribution is 5.95. The number of imidazole rings is 1. The Kier molecular flexibility index (Phi) is 6.47. The van der Waals surface area contributed by atoms with Crippen LogP contribution in [-0.2, 0) is 4.74 Å². The van der Waals surface area contributed by atoms with Crippen molar-refractivity contribution in [3.63, 3.8) is 0 Å². The van der Waals surface area contributed by atoms with Crippen molar-refractivity contribution in [2.24, 2.45) is 0 Å². The fourth-order valence-electron chi connectivity index (χ4n) is 4.22. The predicted molar refractivity (Wildman–Crippen MR) is 126 cm³/mol. The molecule has 0 aliphatic carbocycles. The van der Waals surface area contributed by atoms with Crippen LogP contribution in [-0.4, -0.2) is 113 Å².